The molecule has 6 nitrogen and oxygen atoms in total. The molecule has 30 heavy (non-hydrogen) atoms. The van der Waals surface area contributed by atoms with Crippen LogP contribution in [-0.2, 0) is 4.74 Å². The molecule has 0 spiro atoms. The third kappa shape index (κ3) is 4.28. The normalized spacial score (nSPS) is 10.3. The summed E-state index contributed by atoms with van der Waals surface area (Å²) >= 11 is 12.5. The van der Waals surface area contributed by atoms with Crippen LogP contribution in [0.5, 0.6) is 0 Å². The van der Waals surface area contributed by atoms with E-state index < -0.39 is 11.9 Å². The summed E-state index contributed by atoms with van der Waals surface area (Å²) < 4.78 is 5.02. The molecule has 0 saturated carbocycles. The maximum Gasteiger partial charge on any atom is 0.348 e. The second kappa shape index (κ2) is 9.22. The van der Waals surface area contributed by atoms with Crippen molar-refractivity contribution < 1.29 is 14.3 Å². The summed E-state index contributed by atoms with van der Waals surface area (Å²) in [5.41, 5.74) is 1.19. The zero-order valence-corrected chi connectivity index (χ0v) is 18.4. The van der Waals surface area contributed by atoms with Gasteiger partial charge < -0.3 is 10.1 Å². The van der Waals surface area contributed by atoms with E-state index in [9.17, 15) is 14.9 Å². The molecule has 3 aromatic rings. The largest absolute Gasteiger partial charge is 0.462 e. The van der Waals surface area contributed by atoms with Gasteiger partial charge in [0.2, 0.25) is 0 Å². The molecular formula is C21H16ClN3O3S2. The van der Waals surface area contributed by atoms with E-state index in [0.717, 1.165) is 16.7 Å². The Morgan fingerprint density at radius 2 is 1.93 bits per heavy atom. The number of nitriles is 1. The average Bonchev–Trinajstić information content (AvgIpc) is 3.03. The second-order valence-electron chi connectivity index (χ2n) is 6.14. The molecule has 0 fully saturated rings. The number of carbonyl (C=O) groups excluding carboxylic acids is 2. The van der Waals surface area contributed by atoms with Gasteiger partial charge in [-0.2, -0.15) is 5.26 Å². The predicted octanol–water partition coefficient (Wildman–Crippen LogP) is 5.04. The predicted molar refractivity (Wildman–Crippen MR) is 122 cm³/mol. The molecule has 1 heterocycles. The topological polar surface area (TPSA) is 91.2 Å². The van der Waals surface area contributed by atoms with Crippen LogP contribution in [0.1, 0.15) is 38.1 Å². The average molecular weight is 458 g/mol. The monoisotopic (exact) mass is 457 g/mol. The van der Waals surface area contributed by atoms with Gasteiger partial charge in [0.25, 0.3) is 5.91 Å². The molecule has 2 N–H and O–H groups in total. The summed E-state index contributed by atoms with van der Waals surface area (Å²) in [4.78, 5) is 25.2. The fourth-order valence-electron chi connectivity index (χ4n) is 2.90. The van der Waals surface area contributed by atoms with Crippen molar-refractivity contribution in [3.63, 3.8) is 0 Å². The van der Waals surface area contributed by atoms with Crippen LogP contribution in [0.2, 0.25) is 5.02 Å². The number of fused-ring (bicyclic) bond motifs is 1. The van der Waals surface area contributed by atoms with E-state index >= 15 is 0 Å². The highest BCUT2D eigenvalue weighted by molar-refractivity contribution is 7.80. The van der Waals surface area contributed by atoms with Gasteiger partial charge in [0, 0.05) is 16.0 Å². The number of nitrogens with one attached hydrogen (secondary N) is 2. The van der Waals surface area contributed by atoms with Gasteiger partial charge in [0.15, 0.2) is 5.11 Å². The van der Waals surface area contributed by atoms with Gasteiger partial charge >= 0.3 is 5.97 Å². The maximum atomic E-state index is 12.8. The first-order valence-electron chi connectivity index (χ1n) is 8.87. The summed E-state index contributed by atoms with van der Waals surface area (Å²) in [5.74, 6) is -0.926. The van der Waals surface area contributed by atoms with Crippen molar-refractivity contribution in [1.82, 2.24) is 5.32 Å². The minimum Gasteiger partial charge on any atom is -0.462 e. The van der Waals surface area contributed by atoms with Gasteiger partial charge in [-0.1, -0.05) is 35.9 Å². The third-order valence-corrected chi connectivity index (χ3v) is 6.01. The molecule has 0 aliphatic rings. The Balaban J connectivity index is 1.82. The number of thiophene rings is 1. The first-order chi connectivity index (χ1) is 14.4. The van der Waals surface area contributed by atoms with Crippen LogP contribution in [0.3, 0.4) is 0 Å². The van der Waals surface area contributed by atoms with Gasteiger partial charge in [-0.05, 0) is 49.1 Å². The highest BCUT2D eigenvalue weighted by Gasteiger charge is 2.22. The highest BCUT2D eigenvalue weighted by atomic mass is 35.5. The lowest BCUT2D eigenvalue weighted by atomic mass is 10.0. The van der Waals surface area contributed by atoms with E-state index in [-0.39, 0.29) is 17.3 Å². The van der Waals surface area contributed by atoms with Crippen molar-refractivity contribution in [2.75, 3.05) is 11.9 Å². The Hall–Kier alpha value is -2.99. The van der Waals surface area contributed by atoms with Gasteiger partial charge in [-0.25, -0.2) is 4.79 Å². The lowest BCUT2D eigenvalue weighted by molar-refractivity contribution is 0.0531. The minimum absolute atomic E-state index is 0.00666. The molecule has 152 valence electrons. The molecule has 0 bridgehead atoms. The number of hydrogen-bond acceptors (Lipinski definition) is 6. The Labute approximate surface area is 187 Å². The lowest BCUT2D eigenvalue weighted by Crippen LogP contribution is -2.34. The van der Waals surface area contributed by atoms with Gasteiger partial charge in [-0.15, -0.1) is 11.3 Å². The molecule has 2 aromatic carbocycles. The molecule has 0 atom stereocenters. The van der Waals surface area contributed by atoms with Gasteiger partial charge in [0.1, 0.15) is 15.9 Å². The highest BCUT2D eigenvalue weighted by Crippen LogP contribution is 2.33. The number of ether oxygens (including phenoxy) is 1. The van der Waals surface area contributed by atoms with Crippen LogP contribution in [0, 0.1) is 18.3 Å². The summed E-state index contributed by atoms with van der Waals surface area (Å²) in [5, 5.41) is 17.3. The van der Waals surface area contributed by atoms with E-state index in [1.807, 2.05) is 6.07 Å². The Morgan fingerprint density at radius 3 is 2.63 bits per heavy atom. The molecule has 1 aromatic heterocycles. The van der Waals surface area contributed by atoms with E-state index in [1.54, 1.807) is 44.2 Å². The molecule has 9 heteroatoms. The molecule has 1 amide bonds. The fourth-order valence-corrected chi connectivity index (χ4v) is 4.45. The van der Waals surface area contributed by atoms with E-state index in [1.165, 1.54) is 0 Å². The summed E-state index contributed by atoms with van der Waals surface area (Å²) in [7, 11) is 0. The fraction of sp³-hybridized carbons (Fsp3) is 0.143. The number of anilines is 1. The van der Waals surface area contributed by atoms with E-state index in [4.69, 9.17) is 28.6 Å². The number of hydrogen-bond donors (Lipinski definition) is 2. The van der Waals surface area contributed by atoms with E-state index in [0.29, 0.717) is 31.4 Å². The summed E-state index contributed by atoms with van der Waals surface area (Å²) in [6, 6.07) is 12.6. The molecule has 3 rings (SSSR count). The molecule has 0 aliphatic carbocycles. The Kier molecular flexibility index (Phi) is 6.67. The first-order valence-corrected chi connectivity index (χ1v) is 10.5. The first kappa shape index (κ1) is 21.7. The smallest absolute Gasteiger partial charge is 0.348 e. The maximum absolute atomic E-state index is 12.8. The van der Waals surface area contributed by atoms with Crippen LogP contribution in [-0.4, -0.2) is 23.6 Å². The summed E-state index contributed by atoms with van der Waals surface area (Å²) in [6.45, 7) is 3.59. The van der Waals surface area contributed by atoms with Crippen LogP contribution >= 0.6 is 35.2 Å². The zero-order chi connectivity index (χ0) is 21.8. The Morgan fingerprint density at radius 1 is 1.23 bits per heavy atom. The van der Waals surface area contributed by atoms with Crippen molar-refractivity contribution in [3.8, 4) is 6.07 Å². The van der Waals surface area contributed by atoms with Crippen molar-refractivity contribution in [2.24, 2.45) is 0 Å². The van der Waals surface area contributed by atoms with Crippen LogP contribution in [0.25, 0.3) is 10.8 Å². The zero-order valence-electron chi connectivity index (χ0n) is 16.0. The van der Waals surface area contributed by atoms with Crippen molar-refractivity contribution >= 4 is 67.9 Å². The van der Waals surface area contributed by atoms with Crippen molar-refractivity contribution in [3.05, 3.63) is 63.0 Å². The minimum atomic E-state index is -0.507. The molecule has 0 aliphatic heterocycles. The number of esters is 1. The Bertz CT molecular complexity index is 1210. The summed E-state index contributed by atoms with van der Waals surface area (Å²) in [6.07, 6.45) is 0. The van der Waals surface area contributed by atoms with Crippen molar-refractivity contribution in [1.29, 1.82) is 5.26 Å². The van der Waals surface area contributed by atoms with Gasteiger partial charge in [0.05, 0.1) is 12.2 Å². The number of benzene rings is 2. The number of nitrogens with zero attached hydrogens (tertiary/aromatic N) is 1. The standard InChI is InChI=1S/C21H16ClN3O3S2/c1-3-28-20(27)17-11(2)15(10-23)19(30-17)25-21(29)24-18(26)14-8-4-7-13-12(14)6-5-9-16(13)22/h4-9H,3H2,1-2H3,(H2,24,25,26,29). The number of thiocarbonyl (C=S) groups is 1. The van der Waals surface area contributed by atoms with Crippen LogP contribution < -0.4 is 10.6 Å². The van der Waals surface area contributed by atoms with Gasteiger partial charge in [-0.3, -0.25) is 10.1 Å². The lowest BCUT2D eigenvalue weighted by Gasteiger charge is -2.10. The number of carbonyl (C=O) groups is 2. The SMILES string of the molecule is CCOC(=O)c1sc(NC(=S)NC(=O)c2cccc3c(Cl)cccc23)c(C#N)c1C. The number of amides is 1. The molecule has 0 unspecified atom stereocenters. The number of halogens is 1. The molecule has 0 saturated heterocycles. The van der Waals surface area contributed by atoms with Crippen LogP contribution in [0.15, 0.2) is 36.4 Å². The van der Waals surface area contributed by atoms with Crippen molar-refractivity contribution in [2.45, 2.75) is 13.8 Å². The van der Waals surface area contributed by atoms with E-state index in [2.05, 4.69) is 16.7 Å². The second-order valence-corrected chi connectivity index (χ2v) is 7.98. The quantitative estimate of drug-likeness (QED) is 0.421. The van der Waals surface area contributed by atoms with Crippen LogP contribution in [0.4, 0.5) is 5.00 Å². The molecule has 0 radical (unpaired) electrons. The third-order valence-electron chi connectivity index (χ3n) is 4.29. The number of rotatable bonds is 4. The molecular weight excluding hydrogens is 442 g/mol.